The first-order valence-electron chi connectivity index (χ1n) is 7.33. The van der Waals surface area contributed by atoms with E-state index in [4.69, 9.17) is 4.74 Å². The van der Waals surface area contributed by atoms with Crippen molar-refractivity contribution in [2.24, 2.45) is 0 Å². The molecule has 22 heavy (non-hydrogen) atoms. The molecule has 116 valence electrons. The van der Waals surface area contributed by atoms with Crippen LogP contribution < -0.4 is 0 Å². The fourth-order valence-electron chi connectivity index (χ4n) is 2.76. The van der Waals surface area contributed by atoms with E-state index in [9.17, 15) is 4.79 Å². The molecule has 1 aromatic carbocycles. The maximum Gasteiger partial charge on any atom is 0.410 e. The van der Waals surface area contributed by atoms with Crippen LogP contribution in [0.1, 0.15) is 22.4 Å². The predicted molar refractivity (Wildman–Crippen MR) is 97.2 cm³/mol. The molecule has 1 unspecified atom stereocenters. The minimum absolute atomic E-state index is 0.234. The summed E-state index contributed by atoms with van der Waals surface area (Å²) in [5.41, 5.74) is 2.44. The van der Waals surface area contributed by atoms with Gasteiger partial charge in [0, 0.05) is 26.9 Å². The van der Waals surface area contributed by atoms with Crippen molar-refractivity contribution >= 4 is 40.0 Å². The van der Waals surface area contributed by atoms with Crippen molar-refractivity contribution in [3.05, 3.63) is 55.3 Å². The van der Waals surface area contributed by atoms with Crippen molar-refractivity contribution in [2.45, 2.75) is 31.9 Å². The number of carbonyl (C=O) groups excluding carboxylic acids is 1. The van der Waals surface area contributed by atoms with E-state index in [2.05, 4.69) is 28.0 Å². The number of aryl methyl sites for hydroxylation is 1. The van der Waals surface area contributed by atoms with Gasteiger partial charge in [-0.1, -0.05) is 30.3 Å². The van der Waals surface area contributed by atoms with Gasteiger partial charge in [-0.05, 0) is 53.0 Å². The zero-order valence-electron chi connectivity index (χ0n) is 12.4. The van der Waals surface area contributed by atoms with Gasteiger partial charge in [0.05, 0.1) is 0 Å². The molecule has 1 aliphatic carbocycles. The third-order valence-electron chi connectivity index (χ3n) is 4.11. The van der Waals surface area contributed by atoms with E-state index in [-0.39, 0.29) is 12.1 Å². The van der Waals surface area contributed by atoms with Gasteiger partial charge in [0.2, 0.25) is 0 Å². The second-order valence-electron chi connectivity index (χ2n) is 5.53. The number of hydrogen-bond acceptors (Lipinski definition) is 3. The predicted octanol–water partition coefficient (Wildman–Crippen LogP) is 4.48. The average Bonchev–Trinajstić information content (AvgIpc) is 2.93. The zero-order valence-corrected chi connectivity index (χ0v) is 15.4. The second kappa shape index (κ2) is 7.00. The van der Waals surface area contributed by atoms with Crippen molar-refractivity contribution in [3.8, 4) is 0 Å². The molecule has 1 aromatic heterocycles. The third kappa shape index (κ3) is 3.46. The van der Waals surface area contributed by atoms with E-state index in [1.807, 2.05) is 48.7 Å². The van der Waals surface area contributed by atoms with Crippen molar-refractivity contribution in [3.63, 3.8) is 0 Å². The van der Waals surface area contributed by atoms with Crippen LogP contribution in [-0.4, -0.2) is 24.1 Å². The van der Waals surface area contributed by atoms with Gasteiger partial charge in [0.15, 0.2) is 0 Å². The van der Waals surface area contributed by atoms with E-state index in [0.29, 0.717) is 6.61 Å². The topological polar surface area (TPSA) is 29.5 Å². The SMILES string of the molecule is CN(C(=O)OCc1ccccc1)C1CCc2scc(I)c2C1. The molecular formula is C17H18INO2S. The molecule has 1 amide bonds. The van der Waals surface area contributed by atoms with Crippen LogP contribution in [0.4, 0.5) is 4.79 Å². The molecular weight excluding hydrogens is 409 g/mol. The Morgan fingerprint density at radius 3 is 2.95 bits per heavy atom. The van der Waals surface area contributed by atoms with Crippen LogP contribution in [0.25, 0.3) is 0 Å². The van der Waals surface area contributed by atoms with E-state index in [1.165, 1.54) is 14.0 Å². The highest BCUT2D eigenvalue weighted by Gasteiger charge is 2.28. The molecule has 0 spiro atoms. The van der Waals surface area contributed by atoms with E-state index in [1.54, 1.807) is 4.90 Å². The molecule has 2 aromatic rings. The summed E-state index contributed by atoms with van der Waals surface area (Å²) in [5, 5.41) is 2.21. The number of rotatable bonds is 3. The highest BCUT2D eigenvalue weighted by Crippen LogP contribution is 2.32. The maximum absolute atomic E-state index is 12.3. The molecule has 0 saturated heterocycles. The molecule has 0 N–H and O–H groups in total. The Kier molecular flexibility index (Phi) is 5.03. The summed E-state index contributed by atoms with van der Waals surface area (Å²) in [5.74, 6) is 0. The van der Waals surface area contributed by atoms with Crippen LogP contribution >= 0.6 is 33.9 Å². The molecule has 0 bridgehead atoms. The molecule has 0 saturated carbocycles. The molecule has 0 aliphatic heterocycles. The van der Waals surface area contributed by atoms with Gasteiger partial charge in [0.25, 0.3) is 0 Å². The van der Waals surface area contributed by atoms with Gasteiger partial charge in [0.1, 0.15) is 6.61 Å². The smallest absolute Gasteiger partial charge is 0.410 e. The lowest BCUT2D eigenvalue weighted by atomic mass is 9.94. The summed E-state index contributed by atoms with van der Waals surface area (Å²) >= 11 is 4.23. The summed E-state index contributed by atoms with van der Waals surface area (Å²) < 4.78 is 6.76. The summed E-state index contributed by atoms with van der Waals surface area (Å²) in [6.45, 7) is 0.331. The van der Waals surface area contributed by atoms with Gasteiger partial charge in [-0.25, -0.2) is 4.79 Å². The quantitative estimate of drug-likeness (QED) is 0.677. The number of likely N-dealkylation sites (N-methyl/N-ethyl adjacent to an activating group) is 1. The fraction of sp³-hybridized carbons (Fsp3) is 0.353. The molecule has 1 atom stereocenters. The highest BCUT2D eigenvalue weighted by atomic mass is 127. The van der Waals surface area contributed by atoms with Gasteiger partial charge in [-0.2, -0.15) is 0 Å². The number of ether oxygens (including phenoxy) is 1. The molecule has 3 rings (SSSR count). The molecule has 1 aliphatic rings. The number of thiophene rings is 1. The van der Waals surface area contributed by atoms with Crippen LogP contribution in [0.5, 0.6) is 0 Å². The Bertz CT molecular complexity index is 656. The van der Waals surface area contributed by atoms with Crippen molar-refractivity contribution in [2.75, 3.05) is 7.05 Å². The normalized spacial score (nSPS) is 16.9. The maximum atomic E-state index is 12.3. The first-order valence-corrected chi connectivity index (χ1v) is 9.29. The van der Waals surface area contributed by atoms with Crippen LogP contribution in [0, 0.1) is 3.57 Å². The van der Waals surface area contributed by atoms with Gasteiger partial charge in [-0.3, -0.25) is 0 Å². The molecule has 3 nitrogen and oxygen atoms in total. The van der Waals surface area contributed by atoms with Crippen LogP contribution in [0.2, 0.25) is 0 Å². The summed E-state index contributed by atoms with van der Waals surface area (Å²) in [6.07, 6.45) is 2.78. The molecule has 1 heterocycles. The Labute approximate surface area is 148 Å². The van der Waals surface area contributed by atoms with E-state index < -0.39 is 0 Å². The molecule has 5 heteroatoms. The number of carbonyl (C=O) groups is 1. The van der Waals surface area contributed by atoms with Crippen LogP contribution in [0.3, 0.4) is 0 Å². The second-order valence-corrected chi connectivity index (χ2v) is 7.66. The highest BCUT2D eigenvalue weighted by molar-refractivity contribution is 14.1. The Balaban J connectivity index is 1.58. The Hall–Kier alpha value is -1.08. The van der Waals surface area contributed by atoms with Crippen LogP contribution in [-0.2, 0) is 24.2 Å². The molecule has 0 radical (unpaired) electrons. The summed E-state index contributed by atoms with van der Waals surface area (Å²) in [7, 11) is 1.85. The number of benzene rings is 1. The standard InChI is InChI=1S/C17H18INO2S/c1-19(17(20)21-10-12-5-3-2-4-6-12)13-7-8-16-14(9-13)15(18)11-22-16/h2-6,11,13H,7-10H2,1H3. The third-order valence-corrected chi connectivity index (χ3v) is 6.59. The van der Waals surface area contributed by atoms with Crippen LogP contribution in [0.15, 0.2) is 35.7 Å². The number of nitrogens with zero attached hydrogens (tertiary/aromatic N) is 1. The minimum Gasteiger partial charge on any atom is -0.445 e. The summed E-state index contributed by atoms with van der Waals surface area (Å²) in [4.78, 5) is 15.5. The zero-order chi connectivity index (χ0) is 15.5. The number of fused-ring (bicyclic) bond motifs is 1. The number of halogens is 1. The lowest BCUT2D eigenvalue weighted by Crippen LogP contribution is -2.40. The number of hydrogen-bond donors (Lipinski definition) is 0. The van der Waals surface area contributed by atoms with Gasteiger partial charge in [-0.15, -0.1) is 11.3 Å². The monoisotopic (exact) mass is 427 g/mol. The Morgan fingerprint density at radius 2 is 2.18 bits per heavy atom. The van der Waals surface area contributed by atoms with E-state index in [0.717, 1.165) is 24.8 Å². The fourth-order valence-corrected chi connectivity index (χ4v) is 4.83. The first kappa shape index (κ1) is 15.8. The van der Waals surface area contributed by atoms with E-state index >= 15 is 0 Å². The Morgan fingerprint density at radius 1 is 1.41 bits per heavy atom. The first-order chi connectivity index (χ1) is 10.6. The lowest BCUT2D eigenvalue weighted by molar-refractivity contribution is 0.0884. The largest absolute Gasteiger partial charge is 0.445 e. The number of amides is 1. The van der Waals surface area contributed by atoms with Crippen molar-refractivity contribution in [1.29, 1.82) is 0 Å². The summed E-state index contributed by atoms with van der Waals surface area (Å²) in [6, 6.07) is 10.0. The lowest BCUT2D eigenvalue weighted by Gasteiger charge is -2.30. The van der Waals surface area contributed by atoms with Crippen molar-refractivity contribution in [1.82, 2.24) is 4.90 Å². The van der Waals surface area contributed by atoms with Gasteiger partial charge < -0.3 is 9.64 Å². The van der Waals surface area contributed by atoms with Gasteiger partial charge >= 0.3 is 6.09 Å². The minimum atomic E-state index is -0.234. The van der Waals surface area contributed by atoms with Crippen molar-refractivity contribution < 1.29 is 9.53 Å². The average molecular weight is 427 g/mol. The molecule has 0 fully saturated rings.